The molecule has 0 atom stereocenters. The molecule has 4 aromatic rings. The number of esters is 1. The van der Waals surface area contributed by atoms with Crippen molar-refractivity contribution in [2.75, 3.05) is 11.9 Å². The van der Waals surface area contributed by atoms with Gasteiger partial charge in [-0.25, -0.2) is 4.79 Å². The number of aryl methyl sites for hydroxylation is 2. The summed E-state index contributed by atoms with van der Waals surface area (Å²) >= 11 is 3.04. The van der Waals surface area contributed by atoms with Crippen molar-refractivity contribution in [3.63, 3.8) is 0 Å². The predicted octanol–water partition coefficient (Wildman–Crippen LogP) is 7.17. The lowest BCUT2D eigenvalue weighted by atomic mass is 9.95. The van der Waals surface area contributed by atoms with Crippen LogP contribution in [0, 0.1) is 6.92 Å². The second kappa shape index (κ2) is 9.72. The molecule has 0 fully saturated rings. The van der Waals surface area contributed by atoms with E-state index >= 15 is 0 Å². The average Bonchev–Trinajstić information content (AvgIpc) is 3.39. The SMILES string of the molecule is CCOC(=O)c1c(NC(=O)c2sc3ccccc3c2Cc2ccc(C)cc2)sc2c1CCCC2. The zero-order chi connectivity index (χ0) is 23.7. The Balaban J connectivity index is 1.53. The number of thiophene rings is 2. The molecular weight excluding hydrogens is 462 g/mol. The summed E-state index contributed by atoms with van der Waals surface area (Å²) in [7, 11) is 0. The maximum absolute atomic E-state index is 13.6. The van der Waals surface area contributed by atoms with Gasteiger partial charge in [-0.2, -0.15) is 0 Å². The van der Waals surface area contributed by atoms with Gasteiger partial charge in [-0.15, -0.1) is 22.7 Å². The molecule has 0 radical (unpaired) electrons. The number of carbonyl (C=O) groups excluding carboxylic acids is 2. The van der Waals surface area contributed by atoms with Crippen molar-refractivity contribution in [1.29, 1.82) is 0 Å². The van der Waals surface area contributed by atoms with Crippen molar-refractivity contribution in [1.82, 2.24) is 0 Å². The number of carbonyl (C=O) groups is 2. The van der Waals surface area contributed by atoms with Crippen LogP contribution in [0.1, 0.15) is 66.9 Å². The summed E-state index contributed by atoms with van der Waals surface area (Å²) in [5.74, 6) is -0.499. The van der Waals surface area contributed by atoms with Crippen LogP contribution in [0.15, 0.2) is 48.5 Å². The highest BCUT2D eigenvalue weighted by Crippen LogP contribution is 2.40. The summed E-state index contributed by atoms with van der Waals surface area (Å²) < 4.78 is 6.45. The first-order chi connectivity index (χ1) is 16.5. The van der Waals surface area contributed by atoms with Gasteiger partial charge < -0.3 is 10.1 Å². The summed E-state index contributed by atoms with van der Waals surface area (Å²) in [5.41, 5.74) is 5.02. The van der Waals surface area contributed by atoms with Gasteiger partial charge in [0.2, 0.25) is 0 Å². The van der Waals surface area contributed by atoms with Crippen LogP contribution in [0.2, 0.25) is 0 Å². The van der Waals surface area contributed by atoms with Crippen LogP contribution in [0.25, 0.3) is 10.1 Å². The Bertz CT molecular complexity index is 1360. The number of anilines is 1. The van der Waals surface area contributed by atoms with Crippen LogP contribution in [-0.4, -0.2) is 18.5 Å². The molecule has 6 heteroatoms. The van der Waals surface area contributed by atoms with Crippen LogP contribution in [0.3, 0.4) is 0 Å². The monoisotopic (exact) mass is 489 g/mol. The fourth-order valence-corrected chi connectivity index (χ4v) is 6.99. The van der Waals surface area contributed by atoms with Gasteiger partial charge in [0.1, 0.15) is 5.00 Å². The largest absolute Gasteiger partial charge is 0.462 e. The van der Waals surface area contributed by atoms with Crippen molar-refractivity contribution in [3.05, 3.63) is 86.1 Å². The Labute approximate surface area is 207 Å². The van der Waals surface area contributed by atoms with Crippen molar-refractivity contribution < 1.29 is 14.3 Å². The normalized spacial score (nSPS) is 13.0. The van der Waals surface area contributed by atoms with Gasteiger partial charge in [-0.1, -0.05) is 48.0 Å². The smallest absolute Gasteiger partial charge is 0.341 e. The molecule has 1 N–H and O–H groups in total. The maximum Gasteiger partial charge on any atom is 0.341 e. The first kappa shape index (κ1) is 22.8. The minimum absolute atomic E-state index is 0.160. The molecule has 0 unspecified atom stereocenters. The molecule has 2 aromatic heterocycles. The van der Waals surface area contributed by atoms with Gasteiger partial charge in [0.15, 0.2) is 0 Å². The zero-order valence-electron chi connectivity index (χ0n) is 19.4. The number of hydrogen-bond acceptors (Lipinski definition) is 5. The van der Waals surface area contributed by atoms with Crippen LogP contribution < -0.4 is 5.32 Å². The molecule has 0 saturated carbocycles. The highest BCUT2D eigenvalue weighted by Gasteiger charge is 2.28. The topological polar surface area (TPSA) is 55.4 Å². The van der Waals surface area contributed by atoms with Crippen molar-refractivity contribution in [2.45, 2.75) is 46.0 Å². The Morgan fingerprint density at radius 3 is 2.56 bits per heavy atom. The number of hydrogen-bond donors (Lipinski definition) is 1. The van der Waals surface area contributed by atoms with Gasteiger partial charge in [0.25, 0.3) is 5.91 Å². The standard InChI is InChI=1S/C28H27NO3S2/c1-3-32-28(31)24-20-9-5-7-11-23(20)34-27(24)29-26(30)25-21(16-18-14-12-17(2)13-15-18)19-8-4-6-10-22(19)33-25/h4,6,8,10,12-15H,3,5,7,9,11,16H2,1-2H3,(H,29,30). The van der Waals surface area contributed by atoms with Crippen molar-refractivity contribution in [3.8, 4) is 0 Å². The number of rotatable bonds is 6. The summed E-state index contributed by atoms with van der Waals surface area (Å²) in [4.78, 5) is 28.4. The molecule has 2 aromatic carbocycles. The van der Waals surface area contributed by atoms with Crippen LogP contribution >= 0.6 is 22.7 Å². The van der Waals surface area contributed by atoms with Crippen molar-refractivity contribution >= 4 is 49.6 Å². The summed E-state index contributed by atoms with van der Waals surface area (Å²) in [6.07, 6.45) is 4.65. The maximum atomic E-state index is 13.6. The van der Waals surface area contributed by atoms with Gasteiger partial charge in [0, 0.05) is 9.58 Å². The van der Waals surface area contributed by atoms with Gasteiger partial charge in [-0.3, -0.25) is 4.79 Å². The Morgan fingerprint density at radius 1 is 1.00 bits per heavy atom. The summed E-state index contributed by atoms with van der Waals surface area (Å²) in [6, 6.07) is 16.6. The Kier molecular flexibility index (Phi) is 6.53. The van der Waals surface area contributed by atoms with E-state index in [0.717, 1.165) is 46.9 Å². The van der Waals surface area contributed by atoms with E-state index in [4.69, 9.17) is 4.74 Å². The van der Waals surface area contributed by atoms with E-state index in [1.807, 2.05) is 19.1 Å². The molecule has 174 valence electrons. The first-order valence-corrected chi connectivity index (χ1v) is 13.4. The van der Waals surface area contributed by atoms with E-state index in [2.05, 4.69) is 48.6 Å². The second-order valence-corrected chi connectivity index (χ2v) is 10.8. The molecule has 0 saturated heterocycles. The number of benzene rings is 2. The van der Waals surface area contributed by atoms with E-state index in [1.54, 1.807) is 0 Å². The molecule has 1 aliphatic rings. The molecule has 34 heavy (non-hydrogen) atoms. The fraction of sp³-hybridized carbons (Fsp3) is 0.286. The summed E-state index contributed by atoms with van der Waals surface area (Å²) in [5, 5.41) is 4.83. The number of nitrogens with one attached hydrogen (secondary N) is 1. The minimum atomic E-state index is -0.339. The third-order valence-electron chi connectivity index (χ3n) is 6.28. The van der Waals surface area contributed by atoms with Gasteiger partial charge in [-0.05, 0) is 74.1 Å². The van der Waals surface area contributed by atoms with E-state index in [-0.39, 0.29) is 11.9 Å². The minimum Gasteiger partial charge on any atom is -0.462 e. The fourth-order valence-electron chi connectivity index (χ4n) is 4.60. The molecule has 1 aliphatic carbocycles. The lowest BCUT2D eigenvalue weighted by Gasteiger charge is -2.12. The number of fused-ring (bicyclic) bond motifs is 2. The zero-order valence-corrected chi connectivity index (χ0v) is 21.0. The average molecular weight is 490 g/mol. The van der Waals surface area contributed by atoms with Gasteiger partial charge in [0.05, 0.1) is 17.0 Å². The highest BCUT2D eigenvalue weighted by atomic mass is 32.1. The number of ether oxygens (including phenoxy) is 1. The van der Waals surface area contributed by atoms with E-state index in [9.17, 15) is 9.59 Å². The van der Waals surface area contributed by atoms with Crippen LogP contribution in [0.5, 0.6) is 0 Å². The van der Waals surface area contributed by atoms with E-state index in [1.165, 1.54) is 38.7 Å². The van der Waals surface area contributed by atoms with Crippen LogP contribution in [-0.2, 0) is 24.0 Å². The second-order valence-electron chi connectivity index (χ2n) is 8.66. The molecule has 2 heterocycles. The lowest BCUT2D eigenvalue weighted by molar-refractivity contribution is 0.0526. The molecular formula is C28H27NO3S2. The molecule has 4 nitrogen and oxygen atoms in total. The number of amides is 1. The Hall–Kier alpha value is -2.96. The molecule has 0 spiro atoms. The van der Waals surface area contributed by atoms with E-state index in [0.29, 0.717) is 28.5 Å². The van der Waals surface area contributed by atoms with Crippen molar-refractivity contribution in [2.24, 2.45) is 0 Å². The third kappa shape index (κ3) is 4.40. The Morgan fingerprint density at radius 2 is 1.76 bits per heavy atom. The quantitative estimate of drug-likeness (QED) is 0.292. The molecule has 5 rings (SSSR count). The molecule has 0 bridgehead atoms. The first-order valence-electron chi connectivity index (χ1n) is 11.7. The van der Waals surface area contributed by atoms with Gasteiger partial charge >= 0.3 is 5.97 Å². The predicted molar refractivity (Wildman–Crippen MR) is 141 cm³/mol. The lowest BCUT2D eigenvalue weighted by Crippen LogP contribution is -2.16. The third-order valence-corrected chi connectivity index (χ3v) is 8.70. The molecule has 0 aliphatic heterocycles. The van der Waals surface area contributed by atoms with E-state index < -0.39 is 0 Å². The highest BCUT2D eigenvalue weighted by molar-refractivity contribution is 7.21. The van der Waals surface area contributed by atoms with Crippen LogP contribution in [0.4, 0.5) is 5.00 Å². The molecule has 1 amide bonds. The summed E-state index contributed by atoms with van der Waals surface area (Å²) in [6.45, 7) is 4.20.